The molecule has 0 bridgehead atoms. The summed E-state index contributed by atoms with van der Waals surface area (Å²) in [5.74, 6) is -0.469. The maximum atomic E-state index is 12.2. The third-order valence-electron chi connectivity index (χ3n) is 4.91. The summed E-state index contributed by atoms with van der Waals surface area (Å²) in [6.07, 6.45) is 4.87. The first-order chi connectivity index (χ1) is 12.1. The van der Waals surface area contributed by atoms with Crippen LogP contribution in [0.2, 0.25) is 0 Å². The normalized spacial score (nSPS) is 20.2. The fourth-order valence-corrected chi connectivity index (χ4v) is 3.49. The van der Waals surface area contributed by atoms with Gasteiger partial charge in [-0.3, -0.25) is 9.36 Å². The Balaban J connectivity index is 1.44. The Morgan fingerprint density at radius 1 is 1.24 bits per heavy atom. The summed E-state index contributed by atoms with van der Waals surface area (Å²) in [4.78, 5) is 37.0. The Labute approximate surface area is 145 Å². The van der Waals surface area contributed by atoms with Crippen LogP contribution < -0.4 is 11.0 Å². The Morgan fingerprint density at radius 3 is 2.84 bits per heavy atom. The van der Waals surface area contributed by atoms with Crippen molar-refractivity contribution in [2.24, 2.45) is 5.92 Å². The zero-order valence-electron chi connectivity index (χ0n) is 14.3. The summed E-state index contributed by atoms with van der Waals surface area (Å²) in [5.41, 5.74) is -0.0682. The van der Waals surface area contributed by atoms with E-state index in [-0.39, 0.29) is 18.3 Å². The van der Waals surface area contributed by atoms with Crippen LogP contribution in [0.1, 0.15) is 37.9 Å². The molecule has 9 heteroatoms. The van der Waals surface area contributed by atoms with Gasteiger partial charge in [-0.2, -0.15) is 5.10 Å². The van der Waals surface area contributed by atoms with Gasteiger partial charge in [0.15, 0.2) is 0 Å². The number of rotatable bonds is 5. The lowest BCUT2D eigenvalue weighted by molar-refractivity contribution is -0.143. The largest absolute Gasteiger partial charge is 0.481 e. The van der Waals surface area contributed by atoms with Gasteiger partial charge in [-0.25, -0.2) is 14.3 Å². The molecule has 2 N–H and O–H groups in total. The molecule has 1 aromatic rings. The molecular formula is C16H25N5O4. The number of amides is 2. The van der Waals surface area contributed by atoms with Crippen LogP contribution in [0.5, 0.6) is 0 Å². The monoisotopic (exact) mass is 351 g/mol. The highest BCUT2D eigenvalue weighted by Crippen LogP contribution is 2.16. The number of nitrogens with one attached hydrogen (secondary N) is 1. The molecular weight excluding hydrogens is 326 g/mol. The van der Waals surface area contributed by atoms with Crippen molar-refractivity contribution in [3.8, 4) is 0 Å². The number of nitrogens with zero attached hydrogens (tertiary/aromatic N) is 4. The zero-order valence-corrected chi connectivity index (χ0v) is 14.3. The first-order valence-electron chi connectivity index (χ1n) is 8.98. The highest BCUT2D eigenvalue weighted by molar-refractivity contribution is 5.76. The van der Waals surface area contributed by atoms with Crippen LogP contribution in [0, 0.1) is 5.92 Å². The molecule has 0 spiro atoms. The number of fused-ring (bicyclic) bond motifs is 1. The molecule has 3 rings (SSSR count). The van der Waals surface area contributed by atoms with E-state index < -0.39 is 11.9 Å². The van der Waals surface area contributed by atoms with Crippen molar-refractivity contribution in [3.05, 3.63) is 16.3 Å². The van der Waals surface area contributed by atoms with E-state index in [2.05, 4.69) is 10.4 Å². The number of carboxylic acids is 1. The molecule has 138 valence electrons. The first-order valence-corrected chi connectivity index (χ1v) is 8.98. The van der Waals surface area contributed by atoms with Crippen molar-refractivity contribution in [2.75, 3.05) is 19.6 Å². The molecule has 1 unspecified atom stereocenters. The number of likely N-dealkylation sites (tertiary alicyclic amines) is 1. The van der Waals surface area contributed by atoms with Gasteiger partial charge in [0.05, 0.1) is 5.92 Å². The number of carbonyl (C=O) groups excluding carboxylic acids is 1. The lowest BCUT2D eigenvalue weighted by atomic mass is 9.99. The second-order valence-electron chi connectivity index (χ2n) is 6.74. The summed E-state index contributed by atoms with van der Waals surface area (Å²) >= 11 is 0. The van der Waals surface area contributed by atoms with Crippen LogP contribution >= 0.6 is 0 Å². The third-order valence-corrected chi connectivity index (χ3v) is 4.91. The molecule has 0 aliphatic carbocycles. The standard InChI is InChI=1S/C16H25N5O4/c22-14(23)12-5-3-8-19(11-12)15(24)17-7-4-10-21-16(25)20-9-2-1-6-13(20)18-21/h12H,1-11H2,(H,17,24)(H,22,23). The SMILES string of the molecule is O=C(O)C1CCCN(C(=O)NCCCn2nc3n(c2=O)CCCC3)C1. The Bertz CT molecular complexity index is 695. The lowest BCUT2D eigenvalue weighted by Crippen LogP contribution is -2.47. The van der Waals surface area contributed by atoms with Crippen LogP contribution in [0.3, 0.4) is 0 Å². The quantitative estimate of drug-likeness (QED) is 0.741. The van der Waals surface area contributed by atoms with Gasteiger partial charge in [0.25, 0.3) is 0 Å². The van der Waals surface area contributed by atoms with Crippen LogP contribution in [0.15, 0.2) is 4.79 Å². The number of aryl methyl sites for hydroxylation is 2. The topological polar surface area (TPSA) is 109 Å². The second-order valence-corrected chi connectivity index (χ2v) is 6.74. The number of piperidine rings is 1. The maximum absolute atomic E-state index is 12.2. The smallest absolute Gasteiger partial charge is 0.345 e. The van der Waals surface area contributed by atoms with Gasteiger partial charge >= 0.3 is 17.7 Å². The van der Waals surface area contributed by atoms with Crippen LogP contribution in [-0.2, 0) is 24.3 Å². The molecule has 1 aromatic heterocycles. The molecule has 0 saturated carbocycles. The summed E-state index contributed by atoms with van der Waals surface area (Å²) in [6, 6.07) is -0.234. The van der Waals surface area contributed by atoms with Gasteiger partial charge < -0.3 is 15.3 Å². The lowest BCUT2D eigenvalue weighted by Gasteiger charge is -2.30. The molecule has 9 nitrogen and oxygen atoms in total. The van der Waals surface area contributed by atoms with Gasteiger partial charge in [0.1, 0.15) is 5.82 Å². The predicted octanol–water partition coefficient (Wildman–Crippen LogP) is 0.277. The van der Waals surface area contributed by atoms with E-state index in [0.717, 1.165) is 31.6 Å². The maximum Gasteiger partial charge on any atom is 0.345 e. The van der Waals surface area contributed by atoms with E-state index in [1.54, 1.807) is 9.47 Å². The number of urea groups is 1. The van der Waals surface area contributed by atoms with Crippen LogP contribution in [0.25, 0.3) is 0 Å². The van der Waals surface area contributed by atoms with Crippen molar-refractivity contribution in [1.82, 2.24) is 24.6 Å². The molecule has 2 amide bonds. The Hall–Kier alpha value is -2.32. The fraction of sp³-hybridized carbons (Fsp3) is 0.750. The molecule has 3 heterocycles. The summed E-state index contributed by atoms with van der Waals surface area (Å²) in [7, 11) is 0. The van der Waals surface area contributed by atoms with Crippen molar-refractivity contribution in [1.29, 1.82) is 0 Å². The van der Waals surface area contributed by atoms with Crippen molar-refractivity contribution in [3.63, 3.8) is 0 Å². The van der Waals surface area contributed by atoms with E-state index in [9.17, 15) is 14.4 Å². The first kappa shape index (κ1) is 17.5. The van der Waals surface area contributed by atoms with Gasteiger partial charge in [0.2, 0.25) is 0 Å². The Morgan fingerprint density at radius 2 is 2.08 bits per heavy atom. The van der Waals surface area contributed by atoms with Gasteiger partial charge in [0, 0.05) is 39.1 Å². The molecule has 0 aromatic carbocycles. The van der Waals surface area contributed by atoms with E-state index >= 15 is 0 Å². The molecule has 2 aliphatic heterocycles. The summed E-state index contributed by atoms with van der Waals surface area (Å²) in [6.45, 7) is 2.49. The number of carbonyl (C=O) groups is 2. The van der Waals surface area contributed by atoms with Gasteiger partial charge in [-0.1, -0.05) is 0 Å². The number of aliphatic carboxylic acids is 1. The molecule has 1 saturated heterocycles. The molecule has 1 fully saturated rings. The molecule has 1 atom stereocenters. The fourth-order valence-electron chi connectivity index (χ4n) is 3.49. The van der Waals surface area contributed by atoms with E-state index in [4.69, 9.17) is 5.11 Å². The van der Waals surface area contributed by atoms with E-state index in [1.807, 2.05) is 0 Å². The number of carboxylic acid groups (broad SMARTS) is 1. The minimum atomic E-state index is -0.847. The molecule has 25 heavy (non-hydrogen) atoms. The van der Waals surface area contributed by atoms with E-state index in [0.29, 0.717) is 38.9 Å². The summed E-state index contributed by atoms with van der Waals surface area (Å²) in [5, 5.41) is 16.2. The third kappa shape index (κ3) is 4.02. The highest BCUT2D eigenvalue weighted by atomic mass is 16.4. The van der Waals surface area contributed by atoms with Crippen molar-refractivity contribution < 1.29 is 14.7 Å². The number of aromatic nitrogens is 3. The van der Waals surface area contributed by atoms with Crippen molar-refractivity contribution >= 4 is 12.0 Å². The summed E-state index contributed by atoms with van der Waals surface area (Å²) < 4.78 is 3.22. The minimum absolute atomic E-state index is 0.0682. The average molecular weight is 351 g/mol. The zero-order chi connectivity index (χ0) is 17.8. The van der Waals surface area contributed by atoms with Gasteiger partial charge in [-0.05, 0) is 32.1 Å². The molecule has 2 aliphatic rings. The second kappa shape index (κ2) is 7.71. The number of hydrogen-bond acceptors (Lipinski definition) is 4. The van der Waals surface area contributed by atoms with Crippen LogP contribution in [0.4, 0.5) is 4.79 Å². The average Bonchev–Trinajstić information content (AvgIpc) is 2.95. The Kier molecular flexibility index (Phi) is 5.40. The van der Waals surface area contributed by atoms with E-state index in [1.165, 1.54) is 4.68 Å². The predicted molar refractivity (Wildman–Crippen MR) is 89.4 cm³/mol. The minimum Gasteiger partial charge on any atom is -0.481 e. The van der Waals surface area contributed by atoms with Gasteiger partial charge in [-0.15, -0.1) is 0 Å². The highest BCUT2D eigenvalue weighted by Gasteiger charge is 2.27. The van der Waals surface area contributed by atoms with Crippen molar-refractivity contribution in [2.45, 2.75) is 51.6 Å². The van der Waals surface area contributed by atoms with Crippen LogP contribution in [-0.4, -0.2) is 56.0 Å². The number of hydrogen-bond donors (Lipinski definition) is 2. The molecule has 0 radical (unpaired) electrons.